The first kappa shape index (κ1) is 28.4. The van der Waals surface area contributed by atoms with Gasteiger partial charge in [0.1, 0.15) is 10.8 Å². The Morgan fingerprint density at radius 2 is 1.98 bits per heavy atom. The van der Waals surface area contributed by atoms with E-state index in [-0.39, 0.29) is 29.8 Å². The molecule has 3 heterocycles. The summed E-state index contributed by atoms with van der Waals surface area (Å²) in [5.74, 6) is 0.335. The number of ketones is 1. The molecule has 0 bridgehead atoms. The van der Waals surface area contributed by atoms with Crippen LogP contribution in [0.25, 0.3) is 10.6 Å². The van der Waals surface area contributed by atoms with Crippen molar-refractivity contribution >= 4 is 28.8 Å². The molecule has 9 heteroatoms. The summed E-state index contributed by atoms with van der Waals surface area (Å²) in [5, 5.41) is 6.88. The van der Waals surface area contributed by atoms with Crippen molar-refractivity contribution in [1.29, 1.82) is 0 Å². The van der Waals surface area contributed by atoms with E-state index in [1.807, 2.05) is 43.3 Å². The summed E-state index contributed by atoms with van der Waals surface area (Å²) in [6, 6.07) is 14.0. The number of likely N-dealkylation sites (tertiary alicyclic amines) is 1. The minimum Gasteiger partial charge on any atom is -0.375 e. The third kappa shape index (κ3) is 7.33. The predicted octanol–water partition coefficient (Wildman–Crippen LogP) is 6.08. The third-order valence-corrected chi connectivity index (χ3v) is 9.03. The average molecular weight is 565 g/mol. The number of carbonyl (C=O) groups is 2. The van der Waals surface area contributed by atoms with Crippen LogP contribution >= 0.6 is 11.3 Å². The van der Waals surface area contributed by atoms with Gasteiger partial charge >= 0.3 is 6.03 Å². The topological polar surface area (TPSA) is 83.6 Å². The minimum atomic E-state index is -0.259. The van der Waals surface area contributed by atoms with Crippen LogP contribution in [0.4, 0.5) is 14.9 Å². The Kier molecular flexibility index (Phi) is 9.24. The van der Waals surface area contributed by atoms with Crippen molar-refractivity contribution in [3.05, 3.63) is 70.5 Å². The molecule has 0 saturated carbocycles. The van der Waals surface area contributed by atoms with Crippen LogP contribution in [0.1, 0.15) is 53.5 Å². The highest BCUT2D eigenvalue weighted by atomic mass is 32.1. The van der Waals surface area contributed by atoms with Crippen LogP contribution in [0.15, 0.2) is 48.5 Å². The molecule has 0 aliphatic carbocycles. The number of hydrogen-bond donors (Lipinski definition) is 2. The molecule has 2 fully saturated rings. The van der Waals surface area contributed by atoms with E-state index >= 15 is 0 Å². The number of Topliss-reactive ketones (excluding diaryl/α,β-unsaturated/α-hetero) is 1. The van der Waals surface area contributed by atoms with Crippen molar-refractivity contribution in [3.63, 3.8) is 0 Å². The maximum absolute atomic E-state index is 13.3. The highest BCUT2D eigenvalue weighted by Crippen LogP contribution is 2.30. The molecule has 0 radical (unpaired) electrons. The number of halogens is 1. The number of rotatable bonds is 8. The number of piperidine rings is 1. The Morgan fingerprint density at radius 3 is 2.75 bits per heavy atom. The molecule has 5 rings (SSSR count). The highest BCUT2D eigenvalue weighted by molar-refractivity contribution is 7.17. The average Bonchev–Trinajstić information content (AvgIpc) is 3.33. The molecule has 1 aromatic heterocycles. The second-order valence-corrected chi connectivity index (χ2v) is 11.9. The van der Waals surface area contributed by atoms with Gasteiger partial charge in [-0.15, -0.1) is 11.3 Å². The second-order valence-electron chi connectivity index (χ2n) is 10.9. The Morgan fingerprint density at radius 1 is 1.15 bits per heavy atom. The van der Waals surface area contributed by atoms with Crippen LogP contribution in [-0.2, 0) is 11.2 Å². The van der Waals surface area contributed by atoms with Crippen LogP contribution in [-0.4, -0.2) is 60.1 Å². The minimum absolute atomic E-state index is 0.00659. The normalized spacial score (nSPS) is 21.6. The van der Waals surface area contributed by atoms with E-state index in [2.05, 4.69) is 20.5 Å². The lowest BCUT2D eigenvalue weighted by atomic mass is 9.90. The van der Waals surface area contributed by atoms with Crippen molar-refractivity contribution in [1.82, 2.24) is 15.2 Å². The molecule has 3 atom stereocenters. The first-order valence-electron chi connectivity index (χ1n) is 14.1. The molecule has 2 amide bonds. The molecule has 0 unspecified atom stereocenters. The molecule has 2 aliphatic heterocycles. The summed E-state index contributed by atoms with van der Waals surface area (Å²) in [5.41, 5.74) is 3.42. The van der Waals surface area contributed by atoms with Crippen molar-refractivity contribution in [2.24, 2.45) is 5.92 Å². The Balaban J connectivity index is 1.17. The van der Waals surface area contributed by atoms with Crippen LogP contribution in [0, 0.1) is 18.7 Å². The van der Waals surface area contributed by atoms with Gasteiger partial charge in [0.25, 0.3) is 0 Å². The van der Waals surface area contributed by atoms with Crippen LogP contribution < -0.4 is 10.6 Å². The summed E-state index contributed by atoms with van der Waals surface area (Å²) >= 11 is 1.37. The van der Waals surface area contributed by atoms with Gasteiger partial charge in [-0.05, 0) is 81.3 Å². The first-order valence-corrected chi connectivity index (χ1v) is 14.9. The van der Waals surface area contributed by atoms with E-state index < -0.39 is 0 Å². The second kappa shape index (κ2) is 13.0. The molecule has 7 nitrogen and oxygen atoms in total. The van der Waals surface area contributed by atoms with Gasteiger partial charge in [-0.25, -0.2) is 14.2 Å². The number of thiazole rings is 1. The quantitative estimate of drug-likeness (QED) is 0.324. The van der Waals surface area contributed by atoms with Gasteiger partial charge in [0.2, 0.25) is 0 Å². The molecule has 2 aliphatic rings. The van der Waals surface area contributed by atoms with E-state index in [1.54, 1.807) is 6.92 Å². The zero-order valence-electron chi connectivity index (χ0n) is 23.1. The van der Waals surface area contributed by atoms with Gasteiger partial charge < -0.3 is 20.3 Å². The Hall–Kier alpha value is -3.14. The fraction of sp³-hybridized carbons (Fsp3) is 0.452. The predicted molar refractivity (Wildman–Crippen MR) is 156 cm³/mol. The molecule has 2 N–H and O–H groups in total. The third-order valence-electron chi connectivity index (χ3n) is 7.72. The molecular formula is C31H37FN4O3S. The lowest BCUT2D eigenvalue weighted by Gasteiger charge is -2.39. The molecule has 2 saturated heterocycles. The molecular weight excluding hydrogens is 527 g/mol. The van der Waals surface area contributed by atoms with E-state index in [4.69, 9.17) is 4.74 Å². The van der Waals surface area contributed by atoms with Crippen molar-refractivity contribution in [3.8, 4) is 10.6 Å². The molecule has 40 heavy (non-hydrogen) atoms. The van der Waals surface area contributed by atoms with Crippen LogP contribution in [0.3, 0.4) is 0 Å². The van der Waals surface area contributed by atoms with Crippen molar-refractivity contribution in [2.45, 2.75) is 58.1 Å². The zero-order chi connectivity index (χ0) is 28.1. The lowest BCUT2D eigenvalue weighted by Crippen LogP contribution is -2.53. The Labute approximate surface area is 239 Å². The van der Waals surface area contributed by atoms with E-state index in [0.717, 1.165) is 61.6 Å². The number of aryl methyl sites for hydroxylation is 1. The molecule has 212 valence electrons. The van der Waals surface area contributed by atoms with Gasteiger partial charge in [0.05, 0.1) is 22.7 Å². The van der Waals surface area contributed by atoms with Crippen LogP contribution in [0.2, 0.25) is 0 Å². The summed E-state index contributed by atoms with van der Waals surface area (Å²) in [7, 11) is 0. The summed E-state index contributed by atoms with van der Waals surface area (Å²) in [4.78, 5) is 32.5. The molecule has 2 aromatic carbocycles. The van der Waals surface area contributed by atoms with Gasteiger partial charge in [-0.1, -0.05) is 24.3 Å². The number of urea groups is 1. The number of carbonyl (C=O) groups excluding carboxylic acids is 2. The summed E-state index contributed by atoms with van der Waals surface area (Å²) < 4.78 is 19.5. The van der Waals surface area contributed by atoms with E-state index in [0.29, 0.717) is 23.1 Å². The maximum atomic E-state index is 13.3. The van der Waals surface area contributed by atoms with Crippen molar-refractivity contribution in [2.75, 3.05) is 31.6 Å². The summed E-state index contributed by atoms with van der Waals surface area (Å²) in [6.45, 7) is 6.87. The zero-order valence-corrected chi connectivity index (χ0v) is 23.9. The molecule has 0 spiro atoms. The van der Waals surface area contributed by atoms with Gasteiger partial charge in [0.15, 0.2) is 5.78 Å². The van der Waals surface area contributed by atoms with E-state index in [1.165, 1.54) is 35.5 Å². The smallest absolute Gasteiger partial charge is 0.319 e. The largest absolute Gasteiger partial charge is 0.375 e. The number of aromatic nitrogens is 1. The monoisotopic (exact) mass is 564 g/mol. The van der Waals surface area contributed by atoms with Gasteiger partial charge in [0, 0.05) is 37.9 Å². The number of hydrogen-bond acceptors (Lipinski definition) is 6. The van der Waals surface area contributed by atoms with Gasteiger partial charge in [-0.3, -0.25) is 4.79 Å². The van der Waals surface area contributed by atoms with Gasteiger partial charge in [-0.2, -0.15) is 0 Å². The highest BCUT2D eigenvalue weighted by Gasteiger charge is 2.31. The SMILES string of the molecule is CC(=O)c1sc(-c2cccc(NC(=O)N[C@@H]3CCCO[C@H]3CN3CCC[C@@H](Cc4ccc(F)cc4)C3)c2)nc1C. The number of anilines is 1. The number of amides is 2. The van der Waals surface area contributed by atoms with Crippen LogP contribution in [0.5, 0.6) is 0 Å². The summed E-state index contributed by atoms with van der Waals surface area (Å²) in [6.07, 6.45) is 4.95. The number of nitrogens with zero attached hydrogens (tertiary/aromatic N) is 2. The fourth-order valence-electron chi connectivity index (χ4n) is 5.79. The standard InChI is InChI=1S/C31H37FN4O3S/c1-20-29(21(2)37)40-30(33-20)24-7-3-8-26(17-24)34-31(38)35-27-9-5-15-39-28(27)19-36-14-4-6-23(18-36)16-22-10-12-25(32)13-11-22/h3,7-8,10-13,17,23,27-28H,4-6,9,14-16,18-19H2,1-2H3,(H2,34,35,38)/t23-,27+,28-/m0/s1. The number of ether oxygens (including phenoxy) is 1. The Bertz CT molecular complexity index is 1330. The first-order chi connectivity index (χ1) is 19.3. The lowest BCUT2D eigenvalue weighted by molar-refractivity contribution is -0.0306. The molecule has 3 aromatic rings. The maximum Gasteiger partial charge on any atom is 0.319 e. The van der Waals surface area contributed by atoms with E-state index in [9.17, 15) is 14.0 Å². The number of nitrogens with one attached hydrogen (secondary N) is 2. The van der Waals surface area contributed by atoms with Crippen molar-refractivity contribution < 1.29 is 18.7 Å². The fourth-order valence-corrected chi connectivity index (χ4v) is 6.75. The number of benzene rings is 2.